The second-order valence-electron chi connectivity index (χ2n) is 8.43. The molecule has 3 aromatic rings. The monoisotopic (exact) mass is 547 g/mol. The predicted octanol–water partition coefficient (Wildman–Crippen LogP) is 3.75. The number of aryl methyl sites for hydroxylation is 1. The molecule has 3 aromatic carbocycles. The fraction of sp³-hybridized carbons (Fsp3) is 0.240. The number of hydrogen-bond donors (Lipinski definition) is 3. The minimum atomic E-state index is -4.10. The van der Waals surface area contributed by atoms with E-state index >= 15 is 0 Å². The first kappa shape index (κ1) is 27.8. The normalized spacial score (nSPS) is 11.6. The summed E-state index contributed by atoms with van der Waals surface area (Å²) in [7, 11) is -5.26. The van der Waals surface area contributed by atoms with Crippen LogP contribution in [0.25, 0.3) is 0 Å². The van der Waals surface area contributed by atoms with Crippen molar-refractivity contribution in [2.75, 3.05) is 23.7 Å². The minimum absolute atomic E-state index is 0.0677. The number of sulfonamides is 2. The van der Waals surface area contributed by atoms with E-state index in [4.69, 9.17) is 9.47 Å². The third-order valence-electron chi connectivity index (χ3n) is 5.16. The predicted molar refractivity (Wildman–Crippen MR) is 141 cm³/mol. The van der Waals surface area contributed by atoms with Gasteiger partial charge in [-0.2, -0.15) is 0 Å². The van der Waals surface area contributed by atoms with Gasteiger partial charge in [-0.1, -0.05) is 6.07 Å². The lowest BCUT2D eigenvalue weighted by molar-refractivity contribution is 0.0940. The number of benzene rings is 3. The van der Waals surface area contributed by atoms with Gasteiger partial charge in [0, 0.05) is 11.7 Å². The van der Waals surface area contributed by atoms with Gasteiger partial charge in [-0.15, -0.1) is 0 Å². The second-order valence-corrected chi connectivity index (χ2v) is 11.8. The molecule has 0 saturated carbocycles. The number of hydrogen-bond acceptors (Lipinski definition) is 7. The molecule has 0 atom stereocenters. The molecule has 0 heterocycles. The van der Waals surface area contributed by atoms with Gasteiger partial charge in [0.05, 0.1) is 35.3 Å². The van der Waals surface area contributed by atoms with Gasteiger partial charge in [-0.3, -0.25) is 14.2 Å². The van der Waals surface area contributed by atoms with E-state index in [0.717, 1.165) is 5.56 Å². The molecule has 3 rings (SSSR count). The average molecular weight is 548 g/mol. The van der Waals surface area contributed by atoms with Crippen molar-refractivity contribution in [1.29, 1.82) is 0 Å². The van der Waals surface area contributed by atoms with Gasteiger partial charge in [0.25, 0.3) is 26.0 Å². The van der Waals surface area contributed by atoms with Crippen LogP contribution in [0.1, 0.15) is 29.8 Å². The molecule has 37 heavy (non-hydrogen) atoms. The molecule has 0 aliphatic rings. The highest BCUT2D eigenvalue weighted by atomic mass is 32.2. The number of rotatable bonds is 10. The molecular formula is C25H29N3O7S2. The highest BCUT2D eigenvalue weighted by Crippen LogP contribution is 2.29. The van der Waals surface area contributed by atoms with Crippen LogP contribution in [-0.4, -0.2) is 43.0 Å². The summed E-state index contributed by atoms with van der Waals surface area (Å²) >= 11 is 0. The topological polar surface area (TPSA) is 140 Å². The zero-order valence-corrected chi connectivity index (χ0v) is 22.7. The number of carbonyl (C=O) groups excluding carboxylic acids is 1. The zero-order chi connectivity index (χ0) is 27.4. The Bertz CT molecular complexity index is 1500. The summed E-state index contributed by atoms with van der Waals surface area (Å²) < 4.78 is 67.1. The van der Waals surface area contributed by atoms with Crippen LogP contribution in [0, 0.1) is 6.92 Å². The van der Waals surface area contributed by atoms with E-state index in [9.17, 15) is 21.6 Å². The van der Waals surface area contributed by atoms with E-state index in [1.165, 1.54) is 56.7 Å². The highest BCUT2D eigenvalue weighted by Gasteiger charge is 2.21. The number of ether oxygens (including phenoxy) is 2. The Labute approximate surface area is 217 Å². The maximum Gasteiger partial charge on any atom is 0.262 e. The number of anilines is 2. The number of methoxy groups -OCH3 is 2. The minimum Gasteiger partial charge on any atom is -0.496 e. The number of nitrogens with one attached hydrogen (secondary N) is 3. The quantitative estimate of drug-likeness (QED) is 0.351. The molecule has 0 unspecified atom stereocenters. The lowest BCUT2D eigenvalue weighted by atomic mass is 10.2. The Hall–Kier alpha value is -3.77. The second kappa shape index (κ2) is 11.1. The van der Waals surface area contributed by atoms with Crippen molar-refractivity contribution in [3.05, 3.63) is 71.8 Å². The first-order chi connectivity index (χ1) is 17.4. The van der Waals surface area contributed by atoms with Crippen molar-refractivity contribution < 1.29 is 31.1 Å². The van der Waals surface area contributed by atoms with E-state index in [2.05, 4.69) is 14.8 Å². The van der Waals surface area contributed by atoms with Crippen molar-refractivity contribution in [2.24, 2.45) is 0 Å². The Morgan fingerprint density at radius 3 is 1.92 bits per heavy atom. The molecule has 10 nitrogen and oxygen atoms in total. The average Bonchev–Trinajstić information content (AvgIpc) is 2.83. The molecule has 198 valence electrons. The number of amides is 1. The van der Waals surface area contributed by atoms with E-state index in [1.807, 2.05) is 6.92 Å². The highest BCUT2D eigenvalue weighted by molar-refractivity contribution is 7.93. The molecule has 0 aliphatic carbocycles. The number of carbonyl (C=O) groups is 1. The molecule has 0 saturated heterocycles. The Morgan fingerprint density at radius 2 is 1.32 bits per heavy atom. The van der Waals surface area contributed by atoms with Gasteiger partial charge in [-0.25, -0.2) is 16.8 Å². The van der Waals surface area contributed by atoms with Gasteiger partial charge < -0.3 is 14.8 Å². The van der Waals surface area contributed by atoms with Crippen molar-refractivity contribution in [1.82, 2.24) is 5.32 Å². The molecule has 3 N–H and O–H groups in total. The van der Waals surface area contributed by atoms with Gasteiger partial charge in [0.1, 0.15) is 11.5 Å². The van der Waals surface area contributed by atoms with Gasteiger partial charge in [0.15, 0.2) is 0 Å². The first-order valence-corrected chi connectivity index (χ1v) is 14.1. The molecule has 1 amide bonds. The third-order valence-corrected chi connectivity index (χ3v) is 7.92. The maximum absolute atomic E-state index is 13.0. The SMILES string of the molecule is COc1ccc(C)cc1NS(=O)(=O)c1ccc(NS(=O)(=O)c2ccc(OC)c(C(=O)NC(C)C)c2)cc1. The van der Waals surface area contributed by atoms with Crippen LogP contribution < -0.4 is 24.2 Å². The van der Waals surface area contributed by atoms with E-state index in [-0.39, 0.29) is 38.5 Å². The summed E-state index contributed by atoms with van der Waals surface area (Å²) in [5.41, 5.74) is 1.32. The Balaban J connectivity index is 1.83. The third kappa shape index (κ3) is 6.71. The van der Waals surface area contributed by atoms with Gasteiger partial charge >= 0.3 is 0 Å². The molecular weight excluding hydrogens is 518 g/mol. The molecule has 0 aromatic heterocycles. The summed E-state index contributed by atoms with van der Waals surface area (Å²) in [6.07, 6.45) is 0. The van der Waals surface area contributed by atoms with Crippen LogP contribution in [0.5, 0.6) is 11.5 Å². The lowest BCUT2D eigenvalue weighted by Gasteiger charge is -2.14. The van der Waals surface area contributed by atoms with Crippen LogP contribution in [-0.2, 0) is 20.0 Å². The summed E-state index contributed by atoms with van der Waals surface area (Å²) in [5, 5.41) is 2.71. The van der Waals surface area contributed by atoms with Gasteiger partial charge in [0.2, 0.25) is 0 Å². The maximum atomic E-state index is 13.0. The lowest BCUT2D eigenvalue weighted by Crippen LogP contribution is -2.30. The smallest absolute Gasteiger partial charge is 0.262 e. The van der Waals surface area contributed by atoms with Crippen molar-refractivity contribution >= 4 is 37.3 Å². The summed E-state index contributed by atoms with van der Waals surface area (Å²) in [4.78, 5) is 12.3. The molecule has 0 fully saturated rings. The molecule has 0 aliphatic heterocycles. The largest absolute Gasteiger partial charge is 0.496 e. The van der Waals surface area contributed by atoms with Gasteiger partial charge in [-0.05, 0) is 80.9 Å². The summed E-state index contributed by atoms with van der Waals surface area (Å²) in [6, 6.07) is 14.1. The zero-order valence-electron chi connectivity index (χ0n) is 21.0. The first-order valence-electron chi connectivity index (χ1n) is 11.2. The van der Waals surface area contributed by atoms with E-state index < -0.39 is 26.0 Å². The van der Waals surface area contributed by atoms with E-state index in [1.54, 1.807) is 32.0 Å². The summed E-state index contributed by atoms with van der Waals surface area (Å²) in [5.74, 6) is 0.111. The van der Waals surface area contributed by atoms with Crippen LogP contribution in [0.4, 0.5) is 11.4 Å². The standard InChI is InChI=1S/C25H29N3O7S2/c1-16(2)26-25(29)21-15-20(11-13-23(21)34-4)37(32,33)27-18-7-9-19(10-8-18)36(30,31)28-22-14-17(3)6-12-24(22)35-5/h6-16,27-28H,1-5H3,(H,26,29). The van der Waals surface area contributed by atoms with Crippen LogP contribution >= 0.6 is 0 Å². The fourth-order valence-corrected chi connectivity index (χ4v) is 5.54. The van der Waals surface area contributed by atoms with Crippen molar-refractivity contribution in [2.45, 2.75) is 36.6 Å². The Kier molecular flexibility index (Phi) is 8.34. The molecule has 0 bridgehead atoms. The summed E-state index contributed by atoms with van der Waals surface area (Å²) in [6.45, 7) is 5.38. The van der Waals surface area contributed by atoms with Crippen molar-refractivity contribution in [3.63, 3.8) is 0 Å². The van der Waals surface area contributed by atoms with E-state index in [0.29, 0.717) is 5.75 Å². The van der Waals surface area contributed by atoms with Crippen LogP contribution in [0.2, 0.25) is 0 Å². The molecule has 0 spiro atoms. The van der Waals surface area contributed by atoms with Crippen molar-refractivity contribution in [3.8, 4) is 11.5 Å². The molecule has 12 heteroatoms. The Morgan fingerprint density at radius 1 is 0.757 bits per heavy atom. The molecule has 0 radical (unpaired) electrons. The fourth-order valence-electron chi connectivity index (χ4n) is 3.39. The van der Waals surface area contributed by atoms with Crippen LogP contribution in [0.3, 0.4) is 0 Å². The van der Waals surface area contributed by atoms with Crippen LogP contribution in [0.15, 0.2) is 70.5 Å².